The van der Waals surface area contributed by atoms with E-state index in [1.165, 1.54) is 24.3 Å². The lowest BCUT2D eigenvalue weighted by molar-refractivity contribution is 0.460. The monoisotopic (exact) mass is 220 g/mol. The van der Waals surface area contributed by atoms with Crippen molar-refractivity contribution in [1.82, 2.24) is 0 Å². The first-order valence-electron chi connectivity index (χ1n) is 3.00. The number of hydrogen-bond donors (Lipinski definition) is 2. The molecule has 70 valence electrons. The van der Waals surface area contributed by atoms with Crippen molar-refractivity contribution in [1.29, 1.82) is 0 Å². The van der Waals surface area contributed by atoms with Crippen molar-refractivity contribution in [2.24, 2.45) is 0 Å². The summed E-state index contributed by atoms with van der Waals surface area (Å²) in [5.41, 5.74) is 0. The van der Waals surface area contributed by atoms with E-state index < -0.39 is 17.4 Å². The minimum Gasteiger partial charge on any atom is -0.508 e. The number of rotatable bonds is 2. The van der Waals surface area contributed by atoms with E-state index in [1.807, 2.05) is 0 Å². The first-order chi connectivity index (χ1) is 6.20. The van der Waals surface area contributed by atoms with E-state index in [4.69, 9.17) is 19.3 Å². The van der Waals surface area contributed by atoms with Crippen molar-refractivity contribution in [2.75, 3.05) is 0 Å². The van der Waals surface area contributed by atoms with E-state index in [0.717, 1.165) is 0 Å². The highest BCUT2D eigenvalue weighted by atomic mass is 31.1. The Hall–Kier alpha value is -1.02. The van der Waals surface area contributed by atoms with Crippen LogP contribution >= 0.6 is 17.4 Å². The van der Waals surface area contributed by atoms with E-state index in [2.05, 4.69) is 4.31 Å². The summed E-state index contributed by atoms with van der Waals surface area (Å²) in [5, 5.41) is 17.3. The van der Waals surface area contributed by atoms with Gasteiger partial charge >= 0.3 is 17.4 Å². The van der Waals surface area contributed by atoms with Gasteiger partial charge in [0.1, 0.15) is 11.5 Å². The number of hydrogen-bond acceptors (Lipinski definition) is 5. The summed E-state index contributed by atoms with van der Waals surface area (Å²) in [5.74, 6) is 0.339. The molecule has 0 heterocycles. The van der Waals surface area contributed by atoms with Crippen LogP contribution < -0.4 is 0 Å². The Morgan fingerprint density at radius 2 is 1.23 bits per heavy atom. The van der Waals surface area contributed by atoms with Crippen molar-refractivity contribution in [3.8, 4) is 11.5 Å². The smallest absolute Gasteiger partial charge is 0.339 e. The molecule has 13 heavy (non-hydrogen) atoms. The maximum atomic E-state index is 9.07. The Balaban J connectivity index is 0.000000252. The van der Waals surface area contributed by atoms with Gasteiger partial charge in [-0.2, -0.15) is 4.31 Å². The Bertz CT molecular complexity index is 233. The maximum absolute atomic E-state index is 9.07. The van der Waals surface area contributed by atoms with Gasteiger partial charge in [0.2, 0.25) is 0 Å². The van der Waals surface area contributed by atoms with Gasteiger partial charge in [0.05, 0.1) is 0 Å². The zero-order valence-corrected chi connectivity index (χ0v) is 8.11. The molecule has 5 nitrogen and oxygen atoms in total. The molecule has 0 atom stereocenters. The van der Waals surface area contributed by atoms with E-state index in [0.29, 0.717) is 0 Å². The summed E-state index contributed by atoms with van der Waals surface area (Å²) in [7, 11) is -1.09. The third kappa shape index (κ3) is 7.34. The van der Waals surface area contributed by atoms with Gasteiger partial charge < -0.3 is 10.2 Å². The van der Waals surface area contributed by atoms with Crippen molar-refractivity contribution < 1.29 is 23.7 Å². The average molecular weight is 220 g/mol. The summed E-state index contributed by atoms with van der Waals surface area (Å²) in [4.78, 5) is 0. The van der Waals surface area contributed by atoms with Crippen molar-refractivity contribution in [2.45, 2.75) is 0 Å². The van der Waals surface area contributed by atoms with Crippen LogP contribution in [0.4, 0.5) is 0 Å². The fourth-order valence-electron chi connectivity index (χ4n) is 0.466. The molecule has 0 amide bonds. The quantitative estimate of drug-likeness (QED) is 0.590. The molecule has 0 unspecified atom stereocenters. The number of benzene rings is 1. The molecular weight excluding hydrogens is 214 g/mol. The normalized spacial score (nSPS) is 9.23. The SMILES string of the molecule is O=POP=O.Oc1ccc(O)cc1. The first-order valence-corrected chi connectivity index (χ1v) is 4.46. The molecule has 0 fully saturated rings. The molecule has 2 N–H and O–H groups in total. The molecule has 1 aromatic rings. The molecule has 1 rings (SSSR count). The first kappa shape index (κ1) is 12.0. The lowest BCUT2D eigenvalue weighted by atomic mass is 10.3. The van der Waals surface area contributed by atoms with Crippen LogP contribution in [0.25, 0.3) is 0 Å². The van der Waals surface area contributed by atoms with Crippen LogP contribution in [0.3, 0.4) is 0 Å². The van der Waals surface area contributed by atoms with Gasteiger partial charge in [-0.1, -0.05) is 0 Å². The van der Waals surface area contributed by atoms with Crippen LogP contribution in [-0.4, -0.2) is 10.2 Å². The second kappa shape index (κ2) is 7.62. The number of phenols is 2. The summed E-state index contributed by atoms with van der Waals surface area (Å²) >= 11 is 0. The lowest BCUT2D eigenvalue weighted by Gasteiger charge is -1.88. The van der Waals surface area contributed by atoms with Crippen molar-refractivity contribution in [3.63, 3.8) is 0 Å². The highest BCUT2D eigenvalue weighted by Gasteiger charge is 1.84. The molecule has 0 aliphatic carbocycles. The maximum Gasteiger partial charge on any atom is 0.339 e. The van der Waals surface area contributed by atoms with E-state index in [9.17, 15) is 0 Å². The van der Waals surface area contributed by atoms with Crippen LogP contribution in [0.2, 0.25) is 0 Å². The van der Waals surface area contributed by atoms with Crippen molar-refractivity contribution in [3.05, 3.63) is 24.3 Å². The number of phenolic OH excluding ortho intramolecular Hbond substituents is 2. The molecule has 0 aliphatic rings. The summed E-state index contributed by atoms with van der Waals surface area (Å²) in [6.07, 6.45) is 0. The predicted octanol–water partition coefficient (Wildman–Crippen LogP) is 2.51. The van der Waals surface area contributed by atoms with Crippen LogP contribution in [0, 0.1) is 0 Å². The van der Waals surface area contributed by atoms with Crippen LogP contribution in [-0.2, 0) is 13.4 Å². The average Bonchev–Trinajstić information content (AvgIpc) is 2.13. The molecule has 0 saturated carbocycles. The second-order valence-corrected chi connectivity index (χ2v) is 2.70. The largest absolute Gasteiger partial charge is 0.508 e. The molecule has 7 heteroatoms. The fourth-order valence-corrected chi connectivity index (χ4v) is 0.575. The molecule has 0 saturated heterocycles. The molecule has 0 aromatic heterocycles. The number of aromatic hydroxyl groups is 2. The van der Waals surface area contributed by atoms with E-state index >= 15 is 0 Å². The summed E-state index contributed by atoms with van der Waals surface area (Å²) in [6.45, 7) is 0. The Kier molecular flexibility index (Phi) is 7.02. The van der Waals surface area contributed by atoms with Gasteiger partial charge in [-0.15, -0.1) is 0 Å². The third-order valence-corrected chi connectivity index (χ3v) is 1.45. The van der Waals surface area contributed by atoms with Gasteiger partial charge in [0.25, 0.3) is 0 Å². The second-order valence-electron chi connectivity index (χ2n) is 1.75. The van der Waals surface area contributed by atoms with Gasteiger partial charge in [-0.25, -0.2) is 9.13 Å². The highest BCUT2D eigenvalue weighted by Crippen LogP contribution is 2.13. The minimum atomic E-state index is -0.545. The zero-order chi connectivity index (χ0) is 10.1. The fraction of sp³-hybridized carbons (Fsp3) is 0. The van der Waals surface area contributed by atoms with Gasteiger partial charge in [0.15, 0.2) is 0 Å². The Morgan fingerprint density at radius 1 is 0.923 bits per heavy atom. The topological polar surface area (TPSA) is 83.8 Å². The van der Waals surface area contributed by atoms with Crippen LogP contribution in [0.5, 0.6) is 11.5 Å². The van der Waals surface area contributed by atoms with E-state index in [1.54, 1.807) is 0 Å². The van der Waals surface area contributed by atoms with Crippen molar-refractivity contribution >= 4 is 17.4 Å². The molecule has 0 aliphatic heterocycles. The molecule has 0 bridgehead atoms. The van der Waals surface area contributed by atoms with Gasteiger partial charge in [-0.05, 0) is 24.3 Å². The molecular formula is C6H6O5P2. The van der Waals surface area contributed by atoms with Crippen LogP contribution in [0.1, 0.15) is 0 Å². The third-order valence-electron chi connectivity index (χ3n) is 0.916. The molecule has 1 aromatic carbocycles. The molecule has 0 spiro atoms. The standard InChI is InChI=1S/C6H6O2.O3P2/c7-5-1-2-6(8)4-3-5;1-4-3-5-2/h1-4,7-8H;. The highest BCUT2D eigenvalue weighted by molar-refractivity contribution is 7.32. The Morgan fingerprint density at radius 3 is 1.38 bits per heavy atom. The van der Waals surface area contributed by atoms with Crippen LogP contribution in [0.15, 0.2) is 24.3 Å². The zero-order valence-electron chi connectivity index (χ0n) is 6.32. The summed E-state index contributed by atoms with van der Waals surface area (Å²) in [6, 6.07) is 5.70. The summed E-state index contributed by atoms with van der Waals surface area (Å²) < 4.78 is 21.8. The molecule has 0 radical (unpaired) electrons. The predicted molar refractivity (Wildman–Crippen MR) is 46.1 cm³/mol. The van der Waals surface area contributed by atoms with Gasteiger partial charge in [0, 0.05) is 0 Å². The minimum absolute atomic E-state index is 0.169. The van der Waals surface area contributed by atoms with Gasteiger partial charge in [-0.3, -0.25) is 0 Å². The van der Waals surface area contributed by atoms with E-state index in [-0.39, 0.29) is 11.5 Å². The lowest BCUT2D eigenvalue weighted by Crippen LogP contribution is -1.61. The Labute approximate surface area is 77.6 Å².